The number of carbonyl (C=O) groups is 2. The van der Waals surface area contributed by atoms with Crippen molar-refractivity contribution in [3.63, 3.8) is 0 Å². The third-order valence-corrected chi connectivity index (χ3v) is 6.01. The van der Waals surface area contributed by atoms with Crippen LogP contribution in [0.1, 0.15) is 43.4 Å². The third-order valence-electron chi connectivity index (χ3n) is 5.04. The molecule has 0 aromatic heterocycles. The highest BCUT2D eigenvalue weighted by molar-refractivity contribution is 7.99. The van der Waals surface area contributed by atoms with Gasteiger partial charge in [0.2, 0.25) is 11.8 Å². The SMILES string of the molecule is CCCCNC(=O)[C@H](C)N(Cc1ccccc1F)C(=O)CSCc1ccccc1C. The maximum absolute atomic E-state index is 14.2. The minimum atomic E-state index is -0.673. The molecule has 0 saturated carbocycles. The average molecular weight is 431 g/mol. The zero-order chi connectivity index (χ0) is 21.9. The van der Waals surface area contributed by atoms with E-state index < -0.39 is 6.04 Å². The van der Waals surface area contributed by atoms with Crippen molar-refractivity contribution in [2.24, 2.45) is 0 Å². The van der Waals surface area contributed by atoms with Crippen LogP contribution < -0.4 is 5.32 Å². The summed E-state index contributed by atoms with van der Waals surface area (Å²) in [7, 11) is 0. The fraction of sp³-hybridized carbons (Fsp3) is 0.417. The molecule has 162 valence electrons. The lowest BCUT2D eigenvalue weighted by Gasteiger charge is -2.29. The minimum absolute atomic E-state index is 0.0682. The number of halogens is 1. The number of aryl methyl sites for hydroxylation is 1. The van der Waals surface area contributed by atoms with Gasteiger partial charge in [0.25, 0.3) is 0 Å². The number of hydrogen-bond acceptors (Lipinski definition) is 3. The molecule has 0 radical (unpaired) electrons. The highest BCUT2D eigenvalue weighted by Gasteiger charge is 2.26. The molecular formula is C24H31FN2O2S. The number of benzene rings is 2. The fourth-order valence-electron chi connectivity index (χ4n) is 3.03. The van der Waals surface area contributed by atoms with E-state index in [4.69, 9.17) is 0 Å². The van der Waals surface area contributed by atoms with E-state index in [1.165, 1.54) is 33.9 Å². The van der Waals surface area contributed by atoms with E-state index in [-0.39, 0.29) is 29.9 Å². The predicted molar refractivity (Wildman–Crippen MR) is 122 cm³/mol. The molecule has 0 heterocycles. The molecule has 30 heavy (non-hydrogen) atoms. The van der Waals surface area contributed by atoms with Gasteiger partial charge in [-0.15, -0.1) is 11.8 Å². The Morgan fingerprint density at radius 3 is 2.43 bits per heavy atom. The maximum Gasteiger partial charge on any atom is 0.242 e. The molecule has 0 aliphatic carbocycles. The van der Waals surface area contributed by atoms with E-state index >= 15 is 0 Å². The summed E-state index contributed by atoms with van der Waals surface area (Å²) in [6.45, 7) is 6.44. The number of amides is 2. The van der Waals surface area contributed by atoms with E-state index in [0.717, 1.165) is 12.8 Å². The molecule has 0 fully saturated rings. The second-order valence-corrected chi connectivity index (χ2v) is 8.34. The summed E-state index contributed by atoms with van der Waals surface area (Å²) in [6, 6.07) is 13.8. The summed E-state index contributed by atoms with van der Waals surface area (Å²) in [5.74, 6) is 0.187. The number of nitrogens with one attached hydrogen (secondary N) is 1. The van der Waals surface area contributed by atoms with Gasteiger partial charge in [-0.3, -0.25) is 9.59 Å². The Bertz CT molecular complexity index is 843. The van der Waals surface area contributed by atoms with Crippen LogP contribution in [0.15, 0.2) is 48.5 Å². The monoisotopic (exact) mass is 430 g/mol. The topological polar surface area (TPSA) is 49.4 Å². The molecule has 2 amide bonds. The molecule has 2 aromatic rings. The first kappa shape index (κ1) is 23.9. The third kappa shape index (κ3) is 7.17. The van der Waals surface area contributed by atoms with Crippen LogP contribution in [0.25, 0.3) is 0 Å². The van der Waals surface area contributed by atoms with Crippen LogP contribution in [-0.4, -0.2) is 35.1 Å². The number of rotatable bonds is 11. The second kappa shape index (κ2) is 12.4. The quantitative estimate of drug-likeness (QED) is 0.526. The van der Waals surface area contributed by atoms with Gasteiger partial charge in [0.1, 0.15) is 11.9 Å². The Kier molecular flexibility index (Phi) is 9.87. The molecule has 0 aliphatic rings. The standard InChI is InChI=1S/C24H31FN2O2S/c1-4-5-14-26-24(29)19(3)27(15-20-11-8-9-13-22(20)25)23(28)17-30-16-21-12-7-6-10-18(21)2/h6-13,19H,4-5,14-17H2,1-3H3,(H,26,29)/t19-/m0/s1. The summed E-state index contributed by atoms with van der Waals surface area (Å²) in [5.41, 5.74) is 2.77. The van der Waals surface area contributed by atoms with Gasteiger partial charge in [0, 0.05) is 24.4 Å². The summed E-state index contributed by atoms with van der Waals surface area (Å²) in [6.07, 6.45) is 1.86. The molecule has 4 nitrogen and oxygen atoms in total. The molecule has 2 rings (SSSR count). The highest BCUT2D eigenvalue weighted by atomic mass is 32.2. The molecule has 0 spiro atoms. The Morgan fingerprint density at radius 2 is 1.77 bits per heavy atom. The number of nitrogens with zero attached hydrogens (tertiary/aromatic N) is 1. The maximum atomic E-state index is 14.2. The zero-order valence-electron chi connectivity index (χ0n) is 18.0. The van der Waals surface area contributed by atoms with Gasteiger partial charge in [-0.1, -0.05) is 55.8 Å². The van der Waals surface area contributed by atoms with E-state index in [2.05, 4.69) is 12.2 Å². The fourth-order valence-corrected chi connectivity index (χ4v) is 4.02. The van der Waals surface area contributed by atoms with Gasteiger partial charge in [-0.2, -0.15) is 0 Å². The van der Waals surface area contributed by atoms with Crippen LogP contribution in [0.5, 0.6) is 0 Å². The first-order valence-corrected chi connectivity index (χ1v) is 11.5. The normalized spacial score (nSPS) is 11.7. The van der Waals surface area contributed by atoms with E-state index in [1.54, 1.807) is 25.1 Å². The smallest absolute Gasteiger partial charge is 0.242 e. The number of hydrogen-bond donors (Lipinski definition) is 1. The summed E-state index contributed by atoms with van der Waals surface area (Å²) in [5, 5.41) is 2.88. The Hall–Kier alpha value is -2.34. The Balaban J connectivity index is 2.07. The minimum Gasteiger partial charge on any atom is -0.354 e. The lowest BCUT2D eigenvalue weighted by Crippen LogP contribution is -2.48. The largest absolute Gasteiger partial charge is 0.354 e. The number of carbonyl (C=O) groups excluding carboxylic acids is 2. The van der Waals surface area contributed by atoms with Crippen LogP contribution in [0.2, 0.25) is 0 Å². The van der Waals surface area contributed by atoms with Crippen molar-refractivity contribution in [1.82, 2.24) is 10.2 Å². The van der Waals surface area contributed by atoms with Crippen molar-refractivity contribution >= 4 is 23.6 Å². The van der Waals surface area contributed by atoms with Gasteiger partial charge in [-0.25, -0.2) is 4.39 Å². The molecule has 1 atom stereocenters. The molecule has 0 aliphatic heterocycles. The van der Waals surface area contributed by atoms with Crippen molar-refractivity contribution in [1.29, 1.82) is 0 Å². The van der Waals surface area contributed by atoms with Gasteiger partial charge < -0.3 is 10.2 Å². The van der Waals surface area contributed by atoms with Crippen LogP contribution >= 0.6 is 11.8 Å². The van der Waals surface area contributed by atoms with Crippen molar-refractivity contribution in [3.05, 3.63) is 71.0 Å². The number of unbranched alkanes of at least 4 members (excludes halogenated alkanes) is 1. The van der Waals surface area contributed by atoms with Gasteiger partial charge in [0.15, 0.2) is 0 Å². The Labute approximate surface area is 183 Å². The van der Waals surface area contributed by atoms with Crippen LogP contribution in [0, 0.1) is 12.7 Å². The summed E-state index contributed by atoms with van der Waals surface area (Å²) in [4.78, 5) is 27.1. The lowest BCUT2D eigenvalue weighted by atomic mass is 10.1. The first-order valence-electron chi connectivity index (χ1n) is 10.4. The molecule has 6 heteroatoms. The van der Waals surface area contributed by atoms with Crippen molar-refractivity contribution in [2.75, 3.05) is 12.3 Å². The van der Waals surface area contributed by atoms with Crippen molar-refractivity contribution < 1.29 is 14.0 Å². The molecule has 0 unspecified atom stereocenters. The molecular weight excluding hydrogens is 399 g/mol. The summed E-state index contributed by atoms with van der Waals surface area (Å²) < 4.78 is 14.2. The molecule has 0 bridgehead atoms. The Morgan fingerprint density at radius 1 is 1.10 bits per heavy atom. The molecule has 0 saturated heterocycles. The van der Waals surface area contributed by atoms with Crippen molar-refractivity contribution in [2.45, 2.75) is 52.0 Å². The number of thioether (sulfide) groups is 1. The zero-order valence-corrected chi connectivity index (χ0v) is 18.8. The van der Waals surface area contributed by atoms with E-state index in [9.17, 15) is 14.0 Å². The van der Waals surface area contributed by atoms with Crippen molar-refractivity contribution in [3.8, 4) is 0 Å². The van der Waals surface area contributed by atoms with E-state index in [0.29, 0.717) is 17.9 Å². The lowest BCUT2D eigenvalue weighted by molar-refractivity contribution is -0.138. The van der Waals surface area contributed by atoms with Crippen LogP contribution in [-0.2, 0) is 21.9 Å². The van der Waals surface area contributed by atoms with Gasteiger partial charge >= 0.3 is 0 Å². The second-order valence-electron chi connectivity index (χ2n) is 7.35. The average Bonchev–Trinajstić information content (AvgIpc) is 2.74. The molecule has 1 N–H and O–H groups in total. The van der Waals surface area contributed by atoms with Crippen LogP contribution in [0.3, 0.4) is 0 Å². The van der Waals surface area contributed by atoms with Crippen LogP contribution in [0.4, 0.5) is 4.39 Å². The van der Waals surface area contributed by atoms with E-state index in [1.807, 2.05) is 31.2 Å². The highest BCUT2D eigenvalue weighted by Crippen LogP contribution is 2.19. The van der Waals surface area contributed by atoms with Gasteiger partial charge in [0.05, 0.1) is 5.75 Å². The summed E-state index contributed by atoms with van der Waals surface area (Å²) >= 11 is 1.51. The molecule has 2 aromatic carbocycles. The van der Waals surface area contributed by atoms with Gasteiger partial charge in [-0.05, 0) is 37.5 Å². The predicted octanol–water partition coefficient (Wildman–Crippen LogP) is 4.70. The first-order chi connectivity index (χ1) is 14.4.